The molecule has 0 aliphatic carbocycles. The van der Waals surface area contributed by atoms with Crippen LogP contribution < -0.4 is 0 Å². The molecule has 0 spiro atoms. The third kappa shape index (κ3) is 26.1. The SMILES string of the molecule is CC=CCC=CCC=CCC=CCC(=O)OC[C@H](COP(=O)(O)O)OC(=O)CC=CCC=CCC=CC. The van der Waals surface area contributed by atoms with E-state index in [-0.39, 0.29) is 19.4 Å². The van der Waals surface area contributed by atoms with Crippen molar-refractivity contribution in [1.82, 2.24) is 0 Å². The Kier molecular flexibility index (Phi) is 21.8. The van der Waals surface area contributed by atoms with Crippen molar-refractivity contribution in [2.24, 2.45) is 0 Å². The van der Waals surface area contributed by atoms with Gasteiger partial charge in [-0.2, -0.15) is 0 Å². The number of phosphoric ester groups is 1. The molecule has 0 saturated carbocycles. The predicted molar refractivity (Wildman–Crippen MR) is 146 cm³/mol. The zero-order valence-electron chi connectivity index (χ0n) is 21.8. The summed E-state index contributed by atoms with van der Waals surface area (Å²) < 4.78 is 25.7. The Balaban J connectivity index is 4.43. The molecule has 0 aromatic heterocycles. The van der Waals surface area contributed by atoms with Gasteiger partial charge in [-0.15, -0.1) is 0 Å². The van der Waals surface area contributed by atoms with Gasteiger partial charge in [0.25, 0.3) is 0 Å². The summed E-state index contributed by atoms with van der Waals surface area (Å²) in [5.41, 5.74) is 0. The monoisotopic (exact) mass is 536 g/mol. The maximum atomic E-state index is 12.1. The van der Waals surface area contributed by atoms with E-state index in [1.165, 1.54) is 0 Å². The molecule has 0 rings (SSSR count). The fourth-order valence-electron chi connectivity index (χ4n) is 2.57. The van der Waals surface area contributed by atoms with E-state index in [9.17, 15) is 14.2 Å². The second-order valence-corrected chi connectivity index (χ2v) is 8.90. The minimum atomic E-state index is -4.78. The van der Waals surface area contributed by atoms with Crippen LogP contribution in [-0.2, 0) is 28.2 Å². The minimum Gasteiger partial charge on any atom is -0.461 e. The van der Waals surface area contributed by atoms with E-state index < -0.39 is 32.5 Å². The van der Waals surface area contributed by atoms with E-state index in [2.05, 4.69) is 22.8 Å². The zero-order valence-corrected chi connectivity index (χ0v) is 22.7. The molecule has 9 heteroatoms. The third-order valence-corrected chi connectivity index (χ3v) is 4.88. The van der Waals surface area contributed by atoms with Gasteiger partial charge >= 0.3 is 19.8 Å². The van der Waals surface area contributed by atoms with Gasteiger partial charge in [0.2, 0.25) is 0 Å². The molecule has 0 aliphatic heterocycles. The van der Waals surface area contributed by atoms with Crippen LogP contribution in [-0.4, -0.2) is 41.0 Å². The van der Waals surface area contributed by atoms with Crippen molar-refractivity contribution >= 4 is 19.8 Å². The highest BCUT2D eigenvalue weighted by atomic mass is 31.2. The quantitative estimate of drug-likeness (QED) is 0.107. The van der Waals surface area contributed by atoms with Crippen molar-refractivity contribution in [2.45, 2.75) is 64.9 Å². The number of rotatable bonds is 20. The molecule has 0 fully saturated rings. The highest BCUT2D eigenvalue weighted by Crippen LogP contribution is 2.35. The number of ether oxygens (including phenoxy) is 2. The molecular weight excluding hydrogens is 495 g/mol. The molecule has 0 aromatic rings. The fraction of sp³-hybridized carbons (Fsp3) is 0.429. The normalized spacial score (nSPS) is 13.9. The fourth-order valence-corrected chi connectivity index (χ4v) is 2.93. The number of allylic oxidation sites excluding steroid dienone is 12. The molecular formula is C28H41O8P. The number of carbonyl (C=O) groups excluding carboxylic acids is 2. The van der Waals surface area contributed by atoms with Crippen LogP contribution in [0.3, 0.4) is 0 Å². The van der Waals surface area contributed by atoms with Gasteiger partial charge in [0.1, 0.15) is 6.61 Å². The van der Waals surface area contributed by atoms with Crippen molar-refractivity contribution in [3.05, 3.63) is 85.1 Å². The summed E-state index contributed by atoms with van der Waals surface area (Å²) in [5.74, 6) is -1.19. The molecule has 0 radical (unpaired) electrons. The van der Waals surface area contributed by atoms with Crippen LogP contribution in [0.5, 0.6) is 0 Å². The van der Waals surface area contributed by atoms with E-state index in [1.807, 2.05) is 62.5 Å². The van der Waals surface area contributed by atoms with Crippen LogP contribution in [0, 0.1) is 0 Å². The van der Waals surface area contributed by atoms with Gasteiger partial charge in [-0.05, 0) is 46.0 Å². The van der Waals surface area contributed by atoms with Gasteiger partial charge in [-0.1, -0.05) is 85.1 Å². The molecule has 0 aliphatic rings. The number of carbonyl (C=O) groups is 2. The number of esters is 2. The van der Waals surface area contributed by atoms with Crippen LogP contribution >= 0.6 is 7.82 Å². The first kappa shape index (κ1) is 34.2. The summed E-state index contributed by atoms with van der Waals surface area (Å²) in [6.45, 7) is 2.95. The number of hydrogen-bond acceptors (Lipinski definition) is 6. The topological polar surface area (TPSA) is 119 Å². The van der Waals surface area contributed by atoms with Crippen LogP contribution in [0.15, 0.2) is 85.1 Å². The second kappa shape index (κ2) is 23.6. The molecule has 0 saturated heterocycles. The lowest BCUT2D eigenvalue weighted by molar-refractivity contribution is -0.160. The van der Waals surface area contributed by atoms with Gasteiger partial charge in [0.15, 0.2) is 6.10 Å². The standard InChI is InChI=1S/C28H41O8P/c1-3-5-7-9-11-13-14-15-17-18-20-22-27(29)34-24-26(25-35-37(31,32)33)36-28(30)23-21-19-16-12-10-8-6-4-2/h3-6,9-12,14-15,18-21,26H,7-8,13,16-17,22-25H2,1-2H3,(H2,31,32,33)/t26-/m1/s1. The summed E-state index contributed by atoms with van der Waals surface area (Å²) in [5, 5.41) is 0. The molecule has 206 valence electrons. The molecule has 0 heterocycles. The highest BCUT2D eigenvalue weighted by molar-refractivity contribution is 7.46. The average molecular weight is 537 g/mol. The van der Waals surface area contributed by atoms with E-state index in [1.54, 1.807) is 18.2 Å². The van der Waals surface area contributed by atoms with Crippen LogP contribution in [0.25, 0.3) is 0 Å². The van der Waals surface area contributed by atoms with Crippen molar-refractivity contribution in [2.75, 3.05) is 13.2 Å². The number of hydrogen-bond donors (Lipinski definition) is 2. The lowest BCUT2D eigenvalue weighted by atomic mass is 10.2. The van der Waals surface area contributed by atoms with Crippen LogP contribution in [0.2, 0.25) is 0 Å². The Morgan fingerprint density at radius 2 is 1.05 bits per heavy atom. The second-order valence-electron chi connectivity index (χ2n) is 7.66. The minimum absolute atomic E-state index is 0.0153. The van der Waals surface area contributed by atoms with Crippen molar-refractivity contribution in [3.8, 4) is 0 Å². The molecule has 0 amide bonds. The molecule has 37 heavy (non-hydrogen) atoms. The van der Waals surface area contributed by atoms with Crippen molar-refractivity contribution in [1.29, 1.82) is 0 Å². The van der Waals surface area contributed by atoms with E-state index in [0.29, 0.717) is 12.8 Å². The number of phosphoric acid groups is 1. The summed E-state index contributed by atoms with van der Waals surface area (Å²) in [7, 11) is -4.78. The molecule has 0 unspecified atom stereocenters. The lowest BCUT2D eigenvalue weighted by Gasteiger charge is -2.18. The molecule has 1 atom stereocenters. The Bertz CT molecular complexity index is 875. The summed E-state index contributed by atoms with van der Waals surface area (Å²) in [4.78, 5) is 41.9. The van der Waals surface area contributed by atoms with Crippen molar-refractivity contribution < 1.29 is 37.9 Å². The van der Waals surface area contributed by atoms with Crippen LogP contribution in [0.4, 0.5) is 0 Å². The van der Waals surface area contributed by atoms with Gasteiger partial charge in [0.05, 0.1) is 19.4 Å². The summed E-state index contributed by atoms with van der Waals surface area (Å²) in [6, 6.07) is 0. The maximum absolute atomic E-state index is 12.1. The largest absolute Gasteiger partial charge is 0.469 e. The Morgan fingerprint density at radius 1 is 0.649 bits per heavy atom. The van der Waals surface area contributed by atoms with E-state index >= 15 is 0 Å². The van der Waals surface area contributed by atoms with Gasteiger partial charge in [-0.25, -0.2) is 4.57 Å². The first-order valence-electron chi connectivity index (χ1n) is 12.3. The van der Waals surface area contributed by atoms with Crippen molar-refractivity contribution in [3.63, 3.8) is 0 Å². The predicted octanol–water partition coefficient (Wildman–Crippen LogP) is 6.21. The third-order valence-electron chi connectivity index (χ3n) is 4.39. The molecule has 0 bridgehead atoms. The Morgan fingerprint density at radius 3 is 1.49 bits per heavy atom. The Hall–Kier alpha value is -2.77. The van der Waals surface area contributed by atoms with Gasteiger partial charge in [0, 0.05) is 0 Å². The molecule has 8 nitrogen and oxygen atoms in total. The zero-order chi connectivity index (χ0) is 27.6. The summed E-state index contributed by atoms with van der Waals surface area (Å²) in [6.07, 6.45) is 29.9. The Labute approximate surface area is 221 Å². The average Bonchev–Trinajstić information content (AvgIpc) is 2.85. The highest BCUT2D eigenvalue weighted by Gasteiger charge is 2.22. The molecule has 2 N–H and O–H groups in total. The van der Waals surface area contributed by atoms with E-state index in [0.717, 1.165) is 19.3 Å². The summed E-state index contributed by atoms with van der Waals surface area (Å²) >= 11 is 0. The first-order chi connectivity index (χ1) is 17.8. The molecule has 0 aromatic carbocycles. The van der Waals surface area contributed by atoms with E-state index in [4.69, 9.17) is 19.3 Å². The first-order valence-corrected chi connectivity index (χ1v) is 13.8. The van der Waals surface area contributed by atoms with Gasteiger partial charge < -0.3 is 19.3 Å². The smallest absolute Gasteiger partial charge is 0.461 e. The van der Waals surface area contributed by atoms with Crippen LogP contribution in [0.1, 0.15) is 58.8 Å². The van der Waals surface area contributed by atoms with Gasteiger partial charge in [-0.3, -0.25) is 14.1 Å². The maximum Gasteiger partial charge on any atom is 0.469 e. The lowest BCUT2D eigenvalue weighted by Crippen LogP contribution is -2.29.